The number of nitrogens with zero attached hydrogens (tertiary/aromatic N) is 4. The zero-order valence-corrected chi connectivity index (χ0v) is 30.8. The average molecular weight is 738 g/mol. The van der Waals surface area contributed by atoms with Crippen molar-refractivity contribution < 1.29 is 31.3 Å². The molecule has 0 amide bonds. The number of halogens is 2. The number of carboxylic acids is 1. The first-order valence-electron chi connectivity index (χ1n) is 16.8. The largest absolute Gasteiger partial charge is 0.481 e. The highest BCUT2D eigenvalue weighted by Crippen LogP contribution is 2.40. The molecule has 0 saturated carbocycles. The molecular weight excluding hydrogens is 697 g/mol. The van der Waals surface area contributed by atoms with Gasteiger partial charge in [0.2, 0.25) is 0 Å². The van der Waals surface area contributed by atoms with E-state index < -0.39 is 59.9 Å². The molecule has 1 aliphatic rings. The van der Waals surface area contributed by atoms with Crippen molar-refractivity contribution in [3.63, 3.8) is 0 Å². The number of pyridine rings is 1. The van der Waals surface area contributed by atoms with Crippen LogP contribution in [0.1, 0.15) is 69.5 Å². The lowest BCUT2D eigenvalue weighted by atomic mass is 9.75. The van der Waals surface area contributed by atoms with E-state index in [-0.39, 0.29) is 39.3 Å². The Morgan fingerprint density at radius 3 is 2.63 bits per heavy atom. The quantitative estimate of drug-likeness (QED) is 0.211. The Morgan fingerprint density at radius 1 is 1.12 bits per heavy atom. The summed E-state index contributed by atoms with van der Waals surface area (Å²) in [5, 5.41) is 14.6. The molecule has 5 aromatic rings. The second kappa shape index (κ2) is 13.7. The van der Waals surface area contributed by atoms with Crippen molar-refractivity contribution in [2.45, 2.75) is 75.0 Å². The number of H-pyrrole nitrogens is 1. The second-order valence-corrected chi connectivity index (χ2v) is 18.2. The van der Waals surface area contributed by atoms with Gasteiger partial charge < -0.3 is 10.1 Å². The SMILES string of the molecule is C[C@H](Cc1cccc([C@@]2(C)CCCC(C)(C)CS(=O)(=O)CCc3c(c(F)c(F)c4[nH]ccc34)S(=O)c3ccnc(c3)-c3nc2nn3C)c1)C(=O)O. The molecule has 1 unspecified atom stereocenters. The molecule has 3 aromatic heterocycles. The Balaban J connectivity index is 1.52. The molecule has 2 aromatic carbocycles. The number of aromatic nitrogens is 5. The minimum absolute atomic E-state index is 0.116. The third-order valence-electron chi connectivity index (χ3n) is 9.91. The van der Waals surface area contributed by atoms with Crippen LogP contribution in [-0.4, -0.2) is 59.9 Å². The Kier molecular flexibility index (Phi) is 9.79. The number of carboxylic acid groups (broad SMARTS) is 1. The van der Waals surface area contributed by atoms with Gasteiger partial charge in [0.15, 0.2) is 33.1 Å². The maximum absolute atomic E-state index is 15.9. The molecule has 0 fully saturated rings. The van der Waals surface area contributed by atoms with Crippen molar-refractivity contribution in [2.24, 2.45) is 18.4 Å². The van der Waals surface area contributed by atoms with Gasteiger partial charge in [0.1, 0.15) is 5.69 Å². The number of aliphatic carboxylic acids is 1. The molecular formula is C37H41F2N5O5S2. The molecule has 6 rings (SSSR count). The van der Waals surface area contributed by atoms with Crippen LogP contribution in [0.3, 0.4) is 0 Å². The van der Waals surface area contributed by atoms with Crippen molar-refractivity contribution in [3.05, 3.63) is 89.0 Å². The molecule has 4 bridgehead atoms. The molecule has 51 heavy (non-hydrogen) atoms. The van der Waals surface area contributed by atoms with Gasteiger partial charge in [0.25, 0.3) is 0 Å². The predicted molar refractivity (Wildman–Crippen MR) is 191 cm³/mol. The highest BCUT2D eigenvalue weighted by Gasteiger charge is 2.36. The molecule has 4 heterocycles. The van der Waals surface area contributed by atoms with Crippen LogP contribution in [0, 0.1) is 23.0 Å². The number of benzene rings is 2. The summed E-state index contributed by atoms with van der Waals surface area (Å²) in [6.07, 6.45) is 4.74. The smallest absolute Gasteiger partial charge is 0.306 e. The van der Waals surface area contributed by atoms with Crippen LogP contribution in [0.4, 0.5) is 8.78 Å². The minimum atomic E-state index is -3.71. The molecule has 0 aliphatic carbocycles. The van der Waals surface area contributed by atoms with Crippen molar-refractivity contribution in [1.29, 1.82) is 0 Å². The molecule has 1 aliphatic heterocycles. The maximum Gasteiger partial charge on any atom is 0.306 e. The van der Waals surface area contributed by atoms with Gasteiger partial charge in [0, 0.05) is 29.7 Å². The van der Waals surface area contributed by atoms with Crippen LogP contribution in [0.5, 0.6) is 0 Å². The monoisotopic (exact) mass is 737 g/mol. The first-order valence-corrected chi connectivity index (χ1v) is 19.8. The van der Waals surface area contributed by atoms with E-state index in [4.69, 9.17) is 10.1 Å². The Morgan fingerprint density at radius 2 is 1.88 bits per heavy atom. The summed E-state index contributed by atoms with van der Waals surface area (Å²) in [5.41, 5.74) is 0.670. The van der Waals surface area contributed by atoms with Crippen molar-refractivity contribution in [1.82, 2.24) is 24.7 Å². The number of rotatable bonds is 4. The van der Waals surface area contributed by atoms with E-state index in [9.17, 15) is 22.5 Å². The normalized spacial score (nSPS) is 21.4. The fraction of sp³-hybridized carbons (Fsp3) is 0.405. The zero-order chi connectivity index (χ0) is 36.9. The summed E-state index contributed by atoms with van der Waals surface area (Å²) in [5.74, 6) is -3.62. The van der Waals surface area contributed by atoms with Crippen molar-refractivity contribution in [3.8, 4) is 11.5 Å². The average Bonchev–Trinajstić information content (AvgIpc) is 3.72. The van der Waals surface area contributed by atoms with Gasteiger partial charge in [-0.3, -0.25) is 9.78 Å². The standard InChI is InChI=1S/C37H41F2N5O5S2/c1-22(34(45)46)18-23-8-6-9-24(19-23)37(4)14-7-13-36(2,3)21-51(48,49)17-12-27-26-11-16-41-31(26)29(38)30(39)32(27)50(47)25-10-15-40-28(20-25)33-42-35(37)43-44(33)5/h6,8-11,15-16,19-20,22,41H,7,12-14,17-18,21H2,1-5H3,(H,45,46)/t22-,37-,50?/m1/s1. The first kappa shape index (κ1) is 36.5. The number of nitrogens with one attached hydrogen (secondary N) is 1. The summed E-state index contributed by atoms with van der Waals surface area (Å²) in [4.78, 5) is 23.5. The van der Waals surface area contributed by atoms with Gasteiger partial charge in [-0.15, -0.1) is 0 Å². The van der Waals surface area contributed by atoms with E-state index in [1.807, 2.05) is 45.0 Å². The van der Waals surface area contributed by atoms with Crippen LogP contribution in [0.25, 0.3) is 22.4 Å². The fourth-order valence-corrected chi connectivity index (χ4v) is 10.4. The van der Waals surface area contributed by atoms with Gasteiger partial charge >= 0.3 is 5.97 Å². The van der Waals surface area contributed by atoms with E-state index in [2.05, 4.69) is 9.97 Å². The lowest BCUT2D eigenvalue weighted by Gasteiger charge is -2.31. The Labute approximate surface area is 298 Å². The van der Waals surface area contributed by atoms with Crippen LogP contribution >= 0.6 is 0 Å². The summed E-state index contributed by atoms with van der Waals surface area (Å²) >= 11 is 0. The summed E-state index contributed by atoms with van der Waals surface area (Å²) in [6.45, 7) is 7.47. The first-order chi connectivity index (χ1) is 24.0. The van der Waals surface area contributed by atoms with Crippen LogP contribution in [0.15, 0.2) is 64.6 Å². The van der Waals surface area contributed by atoms with Gasteiger partial charge in [0.05, 0.1) is 44.1 Å². The topological polar surface area (TPSA) is 148 Å². The number of fused-ring (bicyclic) bond motifs is 8. The number of hydrogen-bond donors (Lipinski definition) is 2. The summed E-state index contributed by atoms with van der Waals surface area (Å²) in [7, 11) is -4.26. The van der Waals surface area contributed by atoms with Crippen molar-refractivity contribution >= 4 is 37.5 Å². The minimum Gasteiger partial charge on any atom is -0.481 e. The Bertz CT molecular complexity index is 2280. The number of carbonyl (C=O) groups is 1. The lowest BCUT2D eigenvalue weighted by Crippen LogP contribution is -2.29. The van der Waals surface area contributed by atoms with Crippen molar-refractivity contribution in [2.75, 3.05) is 11.5 Å². The second-order valence-electron chi connectivity index (χ2n) is 14.6. The predicted octanol–water partition coefficient (Wildman–Crippen LogP) is 6.54. The molecule has 270 valence electrons. The molecule has 2 N–H and O–H groups in total. The van der Waals surface area contributed by atoms with E-state index in [0.717, 1.165) is 11.1 Å². The van der Waals surface area contributed by atoms with Crippen LogP contribution in [-0.2, 0) is 50.7 Å². The zero-order valence-electron chi connectivity index (χ0n) is 29.2. The molecule has 0 spiro atoms. The number of aromatic amines is 1. The molecule has 0 radical (unpaired) electrons. The van der Waals surface area contributed by atoms with Crippen LogP contribution in [0.2, 0.25) is 0 Å². The lowest BCUT2D eigenvalue weighted by molar-refractivity contribution is -0.141. The van der Waals surface area contributed by atoms with Gasteiger partial charge in [-0.05, 0) is 72.9 Å². The molecule has 10 nitrogen and oxygen atoms in total. The molecule has 0 saturated heterocycles. The fourth-order valence-electron chi connectivity index (χ4n) is 7.10. The van der Waals surface area contributed by atoms with Gasteiger partial charge in [-0.2, -0.15) is 5.10 Å². The number of hydrogen-bond acceptors (Lipinski definition) is 7. The highest BCUT2D eigenvalue weighted by molar-refractivity contribution is 7.91. The third-order valence-corrected chi connectivity index (χ3v) is 13.4. The third kappa shape index (κ3) is 7.25. The van der Waals surface area contributed by atoms with Gasteiger partial charge in [-0.25, -0.2) is 31.1 Å². The summed E-state index contributed by atoms with van der Waals surface area (Å²) < 4.78 is 74.3. The number of aryl methyl sites for hydroxylation is 2. The molecule has 3 atom stereocenters. The number of sulfone groups is 1. The van der Waals surface area contributed by atoms with E-state index in [0.29, 0.717) is 43.0 Å². The van der Waals surface area contributed by atoms with E-state index in [1.165, 1.54) is 30.6 Å². The molecule has 14 heteroatoms. The maximum atomic E-state index is 15.9. The van der Waals surface area contributed by atoms with E-state index >= 15 is 8.78 Å². The summed E-state index contributed by atoms with van der Waals surface area (Å²) in [6, 6.07) is 12.2. The van der Waals surface area contributed by atoms with E-state index in [1.54, 1.807) is 18.7 Å². The van der Waals surface area contributed by atoms with Crippen LogP contribution < -0.4 is 0 Å². The Hall–Kier alpha value is -4.30. The highest BCUT2D eigenvalue weighted by atomic mass is 32.2. The van der Waals surface area contributed by atoms with Gasteiger partial charge in [-0.1, -0.05) is 51.5 Å².